The number of nitrogens with one attached hydrogen (secondary N) is 1. The monoisotopic (exact) mass is 476 g/mol. The Morgan fingerprint density at radius 2 is 1.94 bits per heavy atom. The minimum absolute atomic E-state index is 0.153. The molecule has 1 aliphatic heterocycles. The van der Waals surface area contributed by atoms with Gasteiger partial charge in [-0.1, -0.05) is 26.0 Å². The summed E-state index contributed by atoms with van der Waals surface area (Å²) in [5.41, 5.74) is 1.95. The number of fused-ring (bicyclic) bond motifs is 1. The van der Waals surface area contributed by atoms with Crippen molar-refractivity contribution in [2.24, 2.45) is 0 Å². The number of carbonyl (C=O) groups is 3. The summed E-state index contributed by atoms with van der Waals surface area (Å²) < 4.78 is 16.4. The molecule has 3 aromatic rings. The molecule has 35 heavy (non-hydrogen) atoms. The van der Waals surface area contributed by atoms with Crippen molar-refractivity contribution < 1.29 is 28.3 Å². The Balaban J connectivity index is 1.41. The van der Waals surface area contributed by atoms with Gasteiger partial charge in [0.1, 0.15) is 23.8 Å². The first kappa shape index (κ1) is 24.1. The SMILES string of the molecule is CCC(C)c1ccc(OCC(=O)c2ccc3c(c2)N(CC(=O)NCc2ccco2)C(=O)CO3)cc1. The van der Waals surface area contributed by atoms with E-state index in [1.807, 2.05) is 24.3 Å². The predicted octanol–water partition coefficient (Wildman–Crippen LogP) is 4.10. The third-order valence-electron chi connectivity index (χ3n) is 6.00. The number of amides is 2. The molecule has 1 N–H and O–H groups in total. The lowest BCUT2D eigenvalue weighted by Crippen LogP contribution is -2.45. The molecular formula is C27H28N2O6. The largest absolute Gasteiger partial charge is 0.485 e. The van der Waals surface area contributed by atoms with Crippen LogP contribution in [0.1, 0.15) is 47.9 Å². The highest BCUT2D eigenvalue weighted by atomic mass is 16.5. The van der Waals surface area contributed by atoms with Gasteiger partial charge < -0.3 is 19.2 Å². The number of ketones is 1. The van der Waals surface area contributed by atoms with Gasteiger partial charge in [0.05, 0.1) is 18.5 Å². The topological polar surface area (TPSA) is 98.1 Å². The fourth-order valence-corrected chi connectivity index (χ4v) is 3.71. The van der Waals surface area contributed by atoms with Crippen molar-refractivity contribution in [2.45, 2.75) is 32.7 Å². The van der Waals surface area contributed by atoms with Crippen molar-refractivity contribution in [3.05, 3.63) is 77.7 Å². The molecule has 182 valence electrons. The Bertz CT molecular complexity index is 1190. The van der Waals surface area contributed by atoms with Crippen LogP contribution >= 0.6 is 0 Å². The van der Waals surface area contributed by atoms with Gasteiger partial charge in [0.25, 0.3) is 5.91 Å². The maximum Gasteiger partial charge on any atom is 0.265 e. The Kier molecular flexibility index (Phi) is 7.50. The van der Waals surface area contributed by atoms with E-state index in [-0.39, 0.29) is 43.9 Å². The summed E-state index contributed by atoms with van der Waals surface area (Å²) in [4.78, 5) is 39.1. The molecule has 8 nitrogen and oxygen atoms in total. The predicted molar refractivity (Wildman–Crippen MR) is 130 cm³/mol. The number of hydrogen-bond acceptors (Lipinski definition) is 6. The van der Waals surface area contributed by atoms with Crippen LogP contribution in [0.5, 0.6) is 11.5 Å². The smallest absolute Gasteiger partial charge is 0.265 e. The van der Waals surface area contributed by atoms with Gasteiger partial charge in [-0.25, -0.2) is 0 Å². The van der Waals surface area contributed by atoms with Gasteiger partial charge in [-0.2, -0.15) is 0 Å². The molecule has 0 radical (unpaired) electrons. The Labute approximate surface area is 203 Å². The van der Waals surface area contributed by atoms with Crippen LogP contribution in [0.2, 0.25) is 0 Å². The van der Waals surface area contributed by atoms with E-state index < -0.39 is 0 Å². The summed E-state index contributed by atoms with van der Waals surface area (Å²) in [5, 5.41) is 2.72. The number of furan rings is 1. The van der Waals surface area contributed by atoms with E-state index in [1.165, 1.54) is 16.7 Å². The molecule has 4 rings (SSSR count). The molecule has 2 heterocycles. The molecule has 0 spiro atoms. The van der Waals surface area contributed by atoms with E-state index in [9.17, 15) is 14.4 Å². The minimum Gasteiger partial charge on any atom is -0.485 e. The highest BCUT2D eigenvalue weighted by Gasteiger charge is 2.28. The molecule has 0 fully saturated rings. The molecule has 0 saturated carbocycles. The van der Waals surface area contributed by atoms with Crippen molar-refractivity contribution in [3.63, 3.8) is 0 Å². The number of Topliss-reactive ketones (excluding diaryl/α,β-unsaturated/α-hetero) is 1. The minimum atomic E-state index is -0.368. The quantitative estimate of drug-likeness (QED) is 0.443. The van der Waals surface area contributed by atoms with Gasteiger partial charge in [0.15, 0.2) is 19.0 Å². The standard InChI is InChI=1S/C27H28N2O6/c1-3-18(2)19-6-9-21(10-7-19)34-16-24(30)20-8-11-25-23(13-20)29(27(32)17-35-25)15-26(31)28-14-22-5-4-12-33-22/h4-13,18H,3,14-17H2,1-2H3,(H,28,31). The summed E-state index contributed by atoms with van der Waals surface area (Å²) >= 11 is 0. The molecular weight excluding hydrogens is 448 g/mol. The number of rotatable bonds is 10. The van der Waals surface area contributed by atoms with E-state index in [0.29, 0.717) is 34.4 Å². The Morgan fingerprint density at radius 3 is 2.66 bits per heavy atom. The number of anilines is 1. The maximum atomic E-state index is 12.8. The normalized spacial score (nSPS) is 13.5. The Hall–Kier alpha value is -4.07. The molecule has 1 atom stereocenters. The van der Waals surface area contributed by atoms with Crippen LogP contribution in [0.3, 0.4) is 0 Å². The number of hydrogen-bond donors (Lipinski definition) is 1. The van der Waals surface area contributed by atoms with Gasteiger partial charge in [-0.05, 0) is 60.4 Å². The number of benzene rings is 2. The third-order valence-corrected chi connectivity index (χ3v) is 6.00. The second kappa shape index (κ2) is 10.9. The van der Waals surface area contributed by atoms with Gasteiger partial charge >= 0.3 is 0 Å². The lowest BCUT2D eigenvalue weighted by atomic mass is 9.99. The van der Waals surface area contributed by atoms with E-state index in [4.69, 9.17) is 13.9 Å². The summed E-state index contributed by atoms with van der Waals surface area (Å²) in [6.07, 6.45) is 2.57. The van der Waals surface area contributed by atoms with E-state index >= 15 is 0 Å². The lowest BCUT2D eigenvalue weighted by Gasteiger charge is -2.29. The lowest BCUT2D eigenvalue weighted by molar-refractivity contribution is -0.125. The van der Waals surface area contributed by atoms with Crippen LogP contribution in [0.4, 0.5) is 5.69 Å². The summed E-state index contributed by atoms with van der Waals surface area (Å²) in [7, 11) is 0. The summed E-state index contributed by atoms with van der Waals surface area (Å²) in [6, 6.07) is 16.0. The van der Waals surface area contributed by atoms with E-state index in [2.05, 4.69) is 19.2 Å². The first-order chi connectivity index (χ1) is 16.9. The Morgan fingerprint density at radius 1 is 1.14 bits per heavy atom. The van der Waals surface area contributed by atoms with Crippen LogP contribution in [0.25, 0.3) is 0 Å². The molecule has 1 unspecified atom stereocenters. The molecule has 1 aliphatic rings. The highest BCUT2D eigenvalue weighted by molar-refractivity contribution is 6.04. The summed E-state index contributed by atoms with van der Waals surface area (Å²) in [5.74, 6) is 1.13. The number of nitrogens with zero attached hydrogens (tertiary/aromatic N) is 1. The van der Waals surface area contributed by atoms with Gasteiger partial charge in [0, 0.05) is 5.56 Å². The molecule has 1 aromatic heterocycles. The molecule has 0 saturated heterocycles. The van der Waals surface area contributed by atoms with Crippen LogP contribution in [0, 0.1) is 0 Å². The summed E-state index contributed by atoms with van der Waals surface area (Å²) in [6.45, 7) is 3.98. The zero-order valence-corrected chi connectivity index (χ0v) is 19.8. The average molecular weight is 477 g/mol. The molecule has 2 aromatic carbocycles. The third kappa shape index (κ3) is 5.90. The van der Waals surface area contributed by atoms with Gasteiger partial charge in [-0.3, -0.25) is 19.3 Å². The fourth-order valence-electron chi connectivity index (χ4n) is 3.71. The van der Waals surface area contributed by atoms with Crippen molar-refractivity contribution in [3.8, 4) is 11.5 Å². The zero-order chi connectivity index (χ0) is 24.8. The zero-order valence-electron chi connectivity index (χ0n) is 19.8. The van der Waals surface area contributed by atoms with Crippen LogP contribution in [-0.2, 0) is 16.1 Å². The first-order valence-corrected chi connectivity index (χ1v) is 11.6. The van der Waals surface area contributed by atoms with Crippen LogP contribution < -0.4 is 19.7 Å². The maximum absolute atomic E-state index is 12.8. The van der Waals surface area contributed by atoms with E-state index in [0.717, 1.165) is 6.42 Å². The van der Waals surface area contributed by atoms with E-state index in [1.54, 1.807) is 30.3 Å². The number of ether oxygens (including phenoxy) is 2. The number of carbonyl (C=O) groups excluding carboxylic acids is 3. The van der Waals surface area contributed by atoms with Crippen LogP contribution in [-0.4, -0.2) is 37.4 Å². The van der Waals surface area contributed by atoms with Crippen molar-refractivity contribution in [1.29, 1.82) is 0 Å². The second-order valence-electron chi connectivity index (χ2n) is 8.40. The molecule has 0 aliphatic carbocycles. The first-order valence-electron chi connectivity index (χ1n) is 11.6. The second-order valence-corrected chi connectivity index (χ2v) is 8.40. The molecule has 8 heteroatoms. The van der Waals surface area contributed by atoms with Crippen LogP contribution in [0.15, 0.2) is 65.3 Å². The molecule has 0 bridgehead atoms. The fraction of sp³-hybridized carbons (Fsp3) is 0.296. The van der Waals surface area contributed by atoms with Crippen molar-refractivity contribution >= 4 is 23.3 Å². The highest BCUT2D eigenvalue weighted by Crippen LogP contribution is 2.33. The van der Waals surface area contributed by atoms with Crippen molar-refractivity contribution in [2.75, 3.05) is 24.7 Å². The van der Waals surface area contributed by atoms with Gasteiger partial charge in [-0.15, -0.1) is 0 Å². The molecule has 2 amide bonds. The van der Waals surface area contributed by atoms with Gasteiger partial charge in [0.2, 0.25) is 5.91 Å². The van der Waals surface area contributed by atoms with Crippen molar-refractivity contribution in [1.82, 2.24) is 5.32 Å². The average Bonchev–Trinajstić information content (AvgIpc) is 3.41.